The summed E-state index contributed by atoms with van der Waals surface area (Å²) in [5.74, 6) is 1.47. The van der Waals surface area contributed by atoms with Gasteiger partial charge in [-0.15, -0.1) is 5.10 Å². The Morgan fingerprint density at radius 2 is 1.91 bits per heavy atom. The Bertz CT molecular complexity index is 1380. The molecule has 2 aromatic heterocycles. The quantitative estimate of drug-likeness (QED) is 0.377. The fourth-order valence-electron chi connectivity index (χ4n) is 4.26. The predicted octanol–water partition coefficient (Wildman–Crippen LogP) is 4.22. The van der Waals surface area contributed by atoms with Gasteiger partial charge >= 0.3 is 0 Å². The van der Waals surface area contributed by atoms with E-state index < -0.39 is 0 Å². The maximum atomic E-state index is 13.1. The Hall–Kier alpha value is -2.97. The second-order valence-electron chi connectivity index (χ2n) is 8.36. The van der Waals surface area contributed by atoms with Gasteiger partial charge in [0.2, 0.25) is 10.5 Å². The van der Waals surface area contributed by atoms with Crippen LogP contribution in [0, 0.1) is 4.77 Å². The largest absolute Gasteiger partial charge is 0.497 e. The first-order valence-corrected chi connectivity index (χ1v) is 11.5. The summed E-state index contributed by atoms with van der Waals surface area (Å²) in [4.78, 5) is 15.5. The van der Waals surface area contributed by atoms with Crippen LogP contribution in [-0.2, 0) is 19.8 Å². The molecular weight excluding hydrogens is 422 g/mol. The second kappa shape index (κ2) is 8.52. The van der Waals surface area contributed by atoms with Crippen molar-refractivity contribution in [1.29, 1.82) is 0 Å². The van der Waals surface area contributed by atoms with E-state index in [9.17, 15) is 4.79 Å². The molecule has 0 aliphatic heterocycles. The number of para-hydroxylation sites is 1. The normalized spacial score (nSPS) is 14.0. The number of benzene rings is 2. The number of hydrogen-bond donors (Lipinski definition) is 0. The van der Waals surface area contributed by atoms with Crippen molar-refractivity contribution in [3.05, 3.63) is 69.2 Å². The lowest BCUT2D eigenvalue weighted by molar-refractivity contribution is 0.187. The van der Waals surface area contributed by atoms with Gasteiger partial charge in [0.05, 0.1) is 24.7 Å². The Kier molecular flexibility index (Phi) is 5.57. The highest BCUT2D eigenvalue weighted by Gasteiger charge is 2.30. The molecule has 0 amide bonds. The molecular formula is C24H27N5O2S. The molecule has 166 valence electrons. The number of rotatable bonds is 8. The molecule has 7 nitrogen and oxygen atoms in total. The van der Waals surface area contributed by atoms with Gasteiger partial charge in [-0.2, -0.15) is 0 Å². The first-order chi connectivity index (χ1) is 15.6. The van der Waals surface area contributed by atoms with Crippen molar-refractivity contribution in [3.8, 4) is 5.75 Å². The van der Waals surface area contributed by atoms with Crippen LogP contribution >= 0.6 is 12.2 Å². The summed E-state index contributed by atoms with van der Waals surface area (Å²) >= 11 is 5.87. The maximum Gasteiger partial charge on any atom is 0.262 e. The van der Waals surface area contributed by atoms with Crippen LogP contribution < -0.4 is 10.3 Å². The number of hydrogen-bond acceptors (Lipinski definition) is 5. The molecule has 0 saturated heterocycles. The third-order valence-electron chi connectivity index (χ3n) is 6.05. The first kappa shape index (κ1) is 20.9. The van der Waals surface area contributed by atoms with Crippen molar-refractivity contribution in [2.75, 3.05) is 7.11 Å². The molecule has 2 aromatic carbocycles. The molecule has 0 radical (unpaired) electrons. The van der Waals surface area contributed by atoms with Crippen molar-refractivity contribution in [3.63, 3.8) is 0 Å². The van der Waals surface area contributed by atoms with E-state index in [-0.39, 0.29) is 5.56 Å². The van der Waals surface area contributed by atoms with Gasteiger partial charge in [-0.1, -0.05) is 31.2 Å². The Balaban J connectivity index is 1.56. The van der Waals surface area contributed by atoms with Gasteiger partial charge in [-0.3, -0.25) is 18.7 Å². The van der Waals surface area contributed by atoms with Crippen molar-refractivity contribution < 1.29 is 4.74 Å². The zero-order valence-corrected chi connectivity index (χ0v) is 19.2. The van der Waals surface area contributed by atoms with E-state index in [0.717, 1.165) is 24.2 Å². The Morgan fingerprint density at radius 3 is 2.59 bits per heavy atom. The van der Waals surface area contributed by atoms with Crippen LogP contribution in [0.1, 0.15) is 31.7 Å². The fourth-order valence-corrected chi connectivity index (χ4v) is 4.54. The summed E-state index contributed by atoms with van der Waals surface area (Å²) in [6.07, 6.45) is 3.21. The summed E-state index contributed by atoms with van der Waals surface area (Å²) in [6, 6.07) is 16.3. The van der Waals surface area contributed by atoms with Gasteiger partial charge in [0.15, 0.2) is 0 Å². The molecule has 0 spiro atoms. The van der Waals surface area contributed by atoms with Crippen LogP contribution in [0.4, 0.5) is 0 Å². The lowest BCUT2D eigenvalue weighted by atomic mass is 10.2. The topological polar surface area (TPSA) is 56.7 Å². The molecule has 5 rings (SSSR count). The smallest absolute Gasteiger partial charge is 0.262 e. The lowest BCUT2D eigenvalue weighted by Crippen LogP contribution is -2.29. The standard InChI is InChI=1S/C24H27N5O2S/c1-3-14-27-22(30)20-6-4-5-7-21(20)29-23(27)25-28(24(29)32)16-26(18-10-11-18)15-17-8-12-19(31-2)13-9-17/h4-9,12-13,18H,3,10-11,14-16H2,1-2H3. The minimum absolute atomic E-state index is 0.0145. The minimum atomic E-state index is -0.0145. The van der Waals surface area contributed by atoms with Gasteiger partial charge in [0, 0.05) is 19.1 Å². The molecule has 0 bridgehead atoms. The van der Waals surface area contributed by atoms with Gasteiger partial charge in [0.25, 0.3) is 5.56 Å². The highest BCUT2D eigenvalue weighted by atomic mass is 32.1. The van der Waals surface area contributed by atoms with E-state index >= 15 is 0 Å². The predicted molar refractivity (Wildman–Crippen MR) is 128 cm³/mol. The summed E-state index contributed by atoms with van der Waals surface area (Å²) in [6.45, 7) is 4.07. The number of ether oxygens (including phenoxy) is 1. The lowest BCUT2D eigenvalue weighted by Gasteiger charge is -2.21. The van der Waals surface area contributed by atoms with Gasteiger partial charge in [-0.25, -0.2) is 4.68 Å². The molecule has 1 aliphatic rings. The van der Waals surface area contributed by atoms with Crippen molar-refractivity contribution in [2.45, 2.75) is 52.0 Å². The molecule has 0 atom stereocenters. The zero-order valence-electron chi connectivity index (χ0n) is 18.4. The minimum Gasteiger partial charge on any atom is -0.497 e. The maximum absolute atomic E-state index is 13.1. The van der Waals surface area contributed by atoms with Crippen molar-refractivity contribution >= 4 is 28.9 Å². The monoisotopic (exact) mass is 449 g/mol. The van der Waals surface area contributed by atoms with Gasteiger partial charge < -0.3 is 4.74 Å². The molecule has 4 aromatic rings. The summed E-state index contributed by atoms with van der Waals surface area (Å²) in [5, 5.41) is 5.51. The Morgan fingerprint density at radius 1 is 1.16 bits per heavy atom. The molecule has 1 fully saturated rings. The molecule has 8 heteroatoms. The number of methoxy groups -OCH3 is 1. The van der Waals surface area contributed by atoms with Crippen LogP contribution in [0.25, 0.3) is 16.7 Å². The third-order valence-corrected chi connectivity index (χ3v) is 6.45. The van der Waals surface area contributed by atoms with Crippen LogP contribution in [0.2, 0.25) is 0 Å². The van der Waals surface area contributed by atoms with Crippen molar-refractivity contribution in [2.24, 2.45) is 0 Å². The third kappa shape index (κ3) is 3.73. The van der Waals surface area contributed by atoms with E-state index in [1.165, 1.54) is 18.4 Å². The molecule has 32 heavy (non-hydrogen) atoms. The molecule has 2 heterocycles. The number of aryl methyl sites for hydroxylation is 1. The van der Waals surface area contributed by atoms with Crippen LogP contribution in [0.5, 0.6) is 5.75 Å². The average Bonchev–Trinajstić information content (AvgIpc) is 3.61. The van der Waals surface area contributed by atoms with E-state index in [4.69, 9.17) is 22.1 Å². The van der Waals surface area contributed by atoms with Crippen LogP contribution in [0.3, 0.4) is 0 Å². The average molecular weight is 450 g/mol. The highest BCUT2D eigenvalue weighted by molar-refractivity contribution is 7.71. The zero-order chi connectivity index (χ0) is 22.2. The van der Waals surface area contributed by atoms with Gasteiger partial charge in [0.1, 0.15) is 5.75 Å². The van der Waals surface area contributed by atoms with E-state index in [1.54, 1.807) is 11.7 Å². The van der Waals surface area contributed by atoms with E-state index in [2.05, 4.69) is 24.0 Å². The van der Waals surface area contributed by atoms with Crippen LogP contribution in [-0.4, -0.2) is 36.8 Å². The molecule has 1 saturated carbocycles. The van der Waals surface area contributed by atoms with Crippen LogP contribution in [0.15, 0.2) is 53.3 Å². The number of aromatic nitrogens is 4. The fraction of sp³-hybridized carbons (Fsp3) is 0.375. The molecule has 0 N–H and O–H groups in total. The number of fused-ring (bicyclic) bond motifs is 3. The van der Waals surface area contributed by atoms with Gasteiger partial charge in [-0.05, 0) is 61.3 Å². The summed E-state index contributed by atoms with van der Waals surface area (Å²) in [7, 11) is 1.68. The molecule has 0 unspecified atom stereocenters. The first-order valence-electron chi connectivity index (χ1n) is 11.1. The number of nitrogens with zero attached hydrogens (tertiary/aromatic N) is 5. The Labute approximate surface area is 191 Å². The van der Waals surface area contributed by atoms with Crippen molar-refractivity contribution in [1.82, 2.24) is 23.6 Å². The van der Waals surface area contributed by atoms with E-state index in [1.807, 2.05) is 45.5 Å². The molecule has 1 aliphatic carbocycles. The van der Waals surface area contributed by atoms with E-state index in [0.29, 0.717) is 35.2 Å². The summed E-state index contributed by atoms with van der Waals surface area (Å²) in [5.41, 5.74) is 2.02. The highest BCUT2D eigenvalue weighted by Crippen LogP contribution is 2.29. The summed E-state index contributed by atoms with van der Waals surface area (Å²) < 4.78 is 11.5. The second-order valence-corrected chi connectivity index (χ2v) is 8.72. The SMILES string of the molecule is CCCn1c(=O)c2ccccc2n2c(=S)n(CN(Cc3ccc(OC)cc3)C3CC3)nc12.